The lowest BCUT2D eigenvalue weighted by Crippen LogP contribution is -2.19. The third kappa shape index (κ3) is 2.41. The molecule has 1 aromatic heterocycles. The standard InChI is InChI=1S/C13H11BrF3NO/c1-3-7-4-8(14)5-9-10(7)18-12(13(15,16)17)6(2)11(9)19/h4-5H,3H2,1-2H3,(H,18,19). The summed E-state index contributed by atoms with van der Waals surface area (Å²) in [5, 5.41) is 0.275. The molecule has 2 nitrogen and oxygen atoms in total. The van der Waals surface area contributed by atoms with Crippen LogP contribution in [-0.4, -0.2) is 4.98 Å². The number of aromatic amines is 1. The summed E-state index contributed by atoms with van der Waals surface area (Å²) in [7, 11) is 0. The highest BCUT2D eigenvalue weighted by atomic mass is 79.9. The summed E-state index contributed by atoms with van der Waals surface area (Å²) in [6.07, 6.45) is -4.03. The molecule has 0 aliphatic heterocycles. The van der Waals surface area contributed by atoms with Gasteiger partial charge in [0.1, 0.15) is 5.69 Å². The molecule has 102 valence electrons. The van der Waals surface area contributed by atoms with Gasteiger partial charge in [0.25, 0.3) is 0 Å². The topological polar surface area (TPSA) is 32.9 Å². The van der Waals surface area contributed by atoms with Crippen LogP contribution in [0.3, 0.4) is 0 Å². The highest BCUT2D eigenvalue weighted by molar-refractivity contribution is 9.10. The normalized spacial score (nSPS) is 12.1. The maximum atomic E-state index is 12.9. The van der Waals surface area contributed by atoms with Crippen molar-refractivity contribution >= 4 is 26.8 Å². The van der Waals surface area contributed by atoms with Gasteiger partial charge < -0.3 is 4.98 Å². The van der Waals surface area contributed by atoms with E-state index in [0.717, 1.165) is 0 Å². The molecule has 1 N–H and O–H groups in total. The minimum atomic E-state index is -4.56. The van der Waals surface area contributed by atoms with Crippen LogP contribution in [0, 0.1) is 6.92 Å². The highest BCUT2D eigenvalue weighted by Gasteiger charge is 2.35. The molecule has 2 aromatic rings. The molecule has 0 saturated heterocycles. The fraction of sp³-hybridized carbons (Fsp3) is 0.308. The van der Waals surface area contributed by atoms with Gasteiger partial charge in [-0.2, -0.15) is 13.2 Å². The number of H-pyrrole nitrogens is 1. The van der Waals surface area contributed by atoms with Crippen molar-refractivity contribution < 1.29 is 13.2 Å². The van der Waals surface area contributed by atoms with Crippen LogP contribution < -0.4 is 5.43 Å². The van der Waals surface area contributed by atoms with Gasteiger partial charge in [0, 0.05) is 15.4 Å². The van der Waals surface area contributed by atoms with Crippen LogP contribution in [0.25, 0.3) is 10.9 Å². The number of rotatable bonds is 1. The first kappa shape index (κ1) is 14.1. The smallest absolute Gasteiger partial charge is 0.350 e. The summed E-state index contributed by atoms with van der Waals surface area (Å²) >= 11 is 3.27. The molecule has 0 spiro atoms. The predicted molar refractivity (Wildman–Crippen MR) is 71.4 cm³/mol. The molecule has 0 fully saturated rings. The van der Waals surface area contributed by atoms with E-state index < -0.39 is 17.3 Å². The number of pyridine rings is 1. The van der Waals surface area contributed by atoms with E-state index in [1.165, 1.54) is 6.92 Å². The molecule has 0 bridgehead atoms. The van der Waals surface area contributed by atoms with Crippen molar-refractivity contribution in [3.05, 3.63) is 43.6 Å². The van der Waals surface area contributed by atoms with E-state index >= 15 is 0 Å². The van der Waals surface area contributed by atoms with Crippen LogP contribution >= 0.6 is 15.9 Å². The van der Waals surface area contributed by atoms with Crippen molar-refractivity contribution in [2.45, 2.75) is 26.4 Å². The summed E-state index contributed by atoms with van der Waals surface area (Å²) in [6.45, 7) is 3.01. The van der Waals surface area contributed by atoms with Crippen molar-refractivity contribution in [3.8, 4) is 0 Å². The van der Waals surface area contributed by atoms with Crippen molar-refractivity contribution in [1.29, 1.82) is 0 Å². The van der Waals surface area contributed by atoms with Gasteiger partial charge in [-0.15, -0.1) is 0 Å². The molecule has 0 unspecified atom stereocenters. The lowest BCUT2D eigenvalue weighted by Gasteiger charge is -2.13. The average molecular weight is 334 g/mol. The van der Waals surface area contributed by atoms with Crippen LogP contribution in [0.2, 0.25) is 0 Å². The van der Waals surface area contributed by atoms with E-state index in [0.29, 0.717) is 16.5 Å². The Bertz CT molecular complexity index is 704. The maximum absolute atomic E-state index is 12.9. The Morgan fingerprint density at radius 3 is 2.47 bits per heavy atom. The first-order valence-electron chi connectivity index (χ1n) is 5.68. The number of fused-ring (bicyclic) bond motifs is 1. The lowest BCUT2D eigenvalue weighted by atomic mass is 10.0. The molecule has 0 saturated carbocycles. The molecule has 2 rings (SSSR count). The summed E-state index contributed by atoms with van der Waals surface area (Å²) in [5.74, 6) is 0. The number of halogens is 4. The van der Waals surface area contributed by atoms with E-state index in [-0.39, 0.29) is 16.5 Å². The van der Waals surface area contributed by atoms with Crippen LogP contribution in [-0.2, 0) is 12.6 Å². The number of aryl methyl sites for hydroxylation is 1. The van der Waals surface area contributed by atoms with Gasteiger partial charge in [0.15, 0.2) is 5.43 Å². The summed E-state index contributed by atoms with van der Waals surface area (Å²) in [6, 6.07) is 3.26. The molecule has 0 amide bonds. The zero-order valence-electron chi connectivity index (χ0n) is 10.3. The number of aromatic nitrogens is 1. The number of benzene rings is 1. The highest BCUT2D eigenvalue weighted by Crippen LogP contribution is 2.31. The minimum absolute atomic E-state index is 0.258. The molecular formula is C13H11BrF3NO. The van der Waals surface area contributed by atoms with Crippen molar-refractivity contribution in [2.75, 3.05) is 0 Å². The second-order valence-electron chi connectivity index (χ2n) is 4.29. The number of nitrogens with one attached hydrogen (secondary N) is 1. The summed E-state index contributed by atoms with van der Waals surface area (Å²) < 4.78 is 39.4. The Hall–Kier alpha value is -1.30. The van der Waals surface area contributed by atoms with E-state index in [1.807, 2.05) is 6.92 Å². The number of hydrogen-bond donors (Lipinski definition) is 1. The molecular weight excluding hydrogens is 323 g/mol. The largest absolute Gasteiger partial charge is 0.431 e. The van der Waals surface area contributed by atoms with Crippen LogP contribution in [0.5, 0.6) is 0 Å². The second kappa shape index (κ2) is 4.67. The number of hydrogen-bond acceptors (Lipinski definition) is 1. The Balaban J connectivity index is 2.97. The maximum Gasteiger partial charge on any atom is 0.431 e. The van der Waals surface area contributed by atoms with Gasteiger partial charge in [-0.25, -0.2) is 0 Å². The van der Waals surface area contributed by atoms with Crippen molar-refractivity contribution in [2.24, 2.45) is 0 Å². The third-order valence-corrected chi connectivity index (χ3v) is 3.52. The lowest BCUT2D eigenvalue weighted by molar-refractivity contribution is -0.141. The van der Waals surface area contributed by atoms with Gasteiger partial charge in [0.2, 0.25) is 0 Å². The third-order valence-electron chi connectivity index (χ3n) is 3.06. The first-order chi connectivity index (χ1) is 8.75. The van der Waals surface area contributed by atoms with Crippen LogP contribution in [0.15, 0.2) is 21.4 Å². The van der Waals surface area contributed by atoms with Crippen molar-refractivity contribution in [1.82, 2.24) is 4.98 Å². The first-order valence-corrected chi connectivity index (χ1v) is 6.47. The van der Waals surface area contributed by atoms with Gasteiger partial charge in [-0.1, -0.05) is 22.9 Å². The number of alkyl halides is 3. The van der Waals surface area contributed by atoms with E-state index in [9.17, 15) is 18.0 Å². The average Bonchev–Trinajstić information content (AvgIpc) is 2.31. The van der Waals surface area contributed by atoms with Gasteiger partial charge in [-0.3, -0.25) is 4.79 Å². The zero-order valence-corrected chi connectivity index (χ0v) is 11.9. The summed E-state index contributed by atoms with van der Waals surface area (Å²) in [4.78, 5) is 14.5. The van der Waals surface area contributed by atoms with Crippen LogP contribution in [0.4, 0.5) is 13.2 Å². The Labute approximate surface area is 115 Å². The SMILES string of the molecule is CCc1cc(Br)cc2c(=O)c(C)c(C(F)(F)F)[nH]c12. The monoisotopic (exact) mass is 333 g/mol. The predicted octanol–water partition coefficient (Wildman–Crippen LogP) is 4.18. The molecule has 0 atom stereocenters. The van der Waals surface area contributed by atoms with E-state index in [4.69, 9.17) is 0 Å². The quantitative estimate of drug-likeness (QED) is 0.834. The Morgan fingerprint density at radius 1 is 1.32 bits per heavy atom. The summed E-state index contributed by atoms with van der Waals surface area (Å²) in [5.41, 5.74) is -0.931. The van der Waals surface area contributed by atoms with E-state index in [2.05, 4.69) is 20.9 Å². The molecule has 1 aromatic carbocycles. The molecule has 1 heterocycles. The molecule has 0 aliphatic carbocycles. The second-order valence-corrected chi connectivity index (χ2v) is 5.21. The van der Waals surface area contributed by atoms with Gasteiger partial charge in [0.05, 0.1) is 5.52 Å². The molecule has 6 heteroatoms. The fourth-order valence-electron chi connectivity index (χ4n) is 2.09. The molecule has 19 heavy (non-hydrogen) atoms. The van der Waals surface area contributed by atoms with E-state index in [1.54, 1.807) is 12.1 Å². The fourth-order valence-corrected chi connectivity index (χ4v) is 2.59. The zero-order chi connectivity index (χ0) is 14.4. The van der Waals surface area contributed by atoms with Gasteiger partial charge in [-0.05, 0) is 31.0 Å². The van der Waals surface area contributed by atoms with Gasteiger partial charge >= 0.3 is 6.18 Å². The molecule has 0 aliphatic rings. The Kier molecular flexibility index (Phi) is 3.47. The van der Waals surface area contributed by atoms with Crippen molar-refractivity contribution in [3.63, 3.8) is 0 Å². The van der Waals surface area contributed by atoms with Crippen LogP contribution in [0.1, 0.15) is 23.7 Å². The minimum Gasteiger partial charge on any atom is -0.350 e. The molecule has 0 radical (unpaired) electrons. The Morgan fingerprint density at radius 2 is 1.95 bits per heavy atom.